The molecule has 0 unspecified atom stereocenters. The zero-order chi connectivity index (χ0) is 11.5. The maximum Gasteiger partial charge on any atom is 0.435 e. The Morgan fingerprint density at radius 3 is 2.73 bits per heavy atom. The van der Waals surface area contributed by atoms with Gasteiger partial charge >= 0.3 is 6.18 Å². The number of nitrogens with zero attached hydrogens (tertiary/aromatic N) is 3. The molecule has 0 spiro atoms. The van der Waals surface area contributed by atoms with Crippen LogP contribution in [0.2, 0.25) is 0 Å². The Hall–Kier alpha value is -1.20. The van der Waals surface area contributed by atoms with Crippen LogP contribution in [0.25, 0.3) is 0 Å². The van der Waals surface area contributed by atoms with Crippen molar-refractivity contribution < 1.29 is 13.2 Å². The van der Waals surface area contributed by atoms with E-state index in [1.54, 1.807) is 6.92 Å². The second-order valence-electron chi connectivity index (χ2n) is 2.86. The van der Waals surface area contributed by atoms with E-state index in [4.69, 9.17) is 0 Å². The third-order valence-corrected chi connectivity index (χ3v) is 1.89. The second kappa shape index (κ2) is 4.55. The summed E-state index contributed by atoms with van der Waals surface area (Å²) in [6, 6.07) is 1.00. The molecule has 3 nitrogen and oxygen atoms in total. The van der Waals surface area contributed by atoms with Crippen molar-refractivity contribution in [2.75, 3.05) is 6.54 Å². The van der Waals surface area contributed by atoms with E-state index >= 15 is 0 Å². The summed E-state index contributed by atoms with van der Waals surface area (Å²) >= 11 is 4.34. The topological polar surface area (TPSA) is 30.2 Å². The lowest BCUT2D eigenvalue weighted by Gasteiger charge is -2.01. The lowest BCUT2D eigenvalue weighted by molar-refractivity contribution is -0.141. The fourth-order valence-electron chi connectivity index (χ4n) is 1.07. The summed E-state index contributed by atoms with van der Waals surface area (Å²) in [5, 5.41) is 5.56. The van der Waals surface area contributed by atoms with Gasteiger partial charge in [-0.05, 0) is 25.2 Å². The summed E-state index contributed by atoms with van der Waals surface area (Å²) in [7, 11) is 0. The largest absolute Gasteiger partial charge is 0.435 e. The first kappa shape index (κ1) is 11.9. The van der Waals surface area contributed by atoms with E-state index in [1.165, 1.54) is 4.68 Å². The lowest BCUT2D eigenvalue weighted by Crippen LogP contribution is -2.09. The summed E-state index contributed by atoms with van der Waals surface area (Å²) in [5.41, 5.74) is -0.437. The number of aliphatic imine (C=N–C) groups is 1. The molecule has 0 bridgehead atoms. The number of alkyl halides is 3. The van der Waals surface area contributed by atoms with Gasteiger partial charge in [0.2, 0.25) is 0 Å². The Morgan fingerprint density at radius 1 is 1.60 bits per heavy atom. The summed E-state index contributed by atoms with van der Waals surface area (Å²) < 4.78 is 38.0. The van der Waals surface area contributed by atoms with Gasteiger partial charge in [0.1, 0.15) is 0 Å². The van der Waals surface area contributed by atoms with Crippen molar-refractivity contribution in [1.29, 1.82) is 0 Å². The van der Waals surface area contributed by atoms with Gasteiger partial charge in [0.05, 0.1) is 18.3 Å². The van der Waals surface area contributed by atoms with Crippen LogP contribution in [0.4, 0.5) is 13.2 Å². The van der Waals surface area contributed by atoms with Crippen LogP contribution in [0.3, 0.4) is 0 Å². The predicted molar refractivity (Wildman–Crippen MR) is 51.9 cm³/mol. The molecule has 0 aliphatic rings. The molecule has 1 aromatic rings. The van der Waals surface area contributed by atoms with E-state index in [0.717, 1.165) is 6.07 Å². The number of rotatable bonds is 3. The normalized spacial score (nSPS) is 11.2. The fourth-order valence-corrected chi connectivity index (χ4v) is 1.16. The van der Waals surface area contributed by atoms with Crippen molar-refractivity contribution in [3.63, 3.8) is 0 Å². The lowest BCUT2D eigenvalue weighted by atomic mass is 10.4. The van der Waals surface area contributed by atoms with Crippen molar-refractivity contribution in [2.24, 2.45) is 4.99 Å². The smallest absolute Gasteiger partial charge is 0.267 e. The molecule has 1 aromatic heterocycles. The Kier molecular flexibility index (Phi) is 3.60. The summed E-state index contributed by atoms with van der Waals surface area (Å²) in [4.78, 5) is 3.60. The van der Waals surface area contributed by atoms with Crippen LogP contribution >= 0.6 is 12.2 Å². The first-order chi connectivity index (χ1) is 6.95. The molecule has 0 saturated heterocycles. The molecule has 0 N–H and O–H groups in total. The Morgan fingerprint density at radius 2 is 2.27 bits per heavy atom. The number of halogens is 3. The third kappa shape index (κ3) is 3.14. The van der Waals surface area contributed by atoms with Crippen LogP contribution in [-0.2, 0) is 12.7 Å². The van der Waals surface area contributed by atoms with Crippen molar-refractivity contribution in [2.45, 2.75) is 19.6 Å². The molecule has 1 heterocycles. The van der Waals surface area contributed by atoms with E-state index in [0.29, 0.717) is 5.69 Å². The first-order valence-corrected chi connectivity index (χ1v) is 4.51. The highest BCUT2D eigenvalue weighted by molar-refractivity contribution is 7.78. The van der Waals surface area contributed by atoms with Gasteiger partial charge in [0.25, 0.3) is 0 Å². The Bertz CT molecular complexity index is 390. The van der Waals surface area contributed by atoms with Crippen LogP contribution in [-0.4, -0.2) is 21.5 Å². The fraction of sp³-hybridized carbons (Fsp3) is 0.500. The molecule has 0 atom stereocenters. The van der Waals surface area contributed by atoms with E-state index in [1.807, 2.05) is 0 Å². The average molecular weight is 235 g/mol. The number of aryl methyl sites for hydroxylation is 1. The molecule has 0 fully saturated rings. The quantitative estimate of drug-likeness (QED) is 0.594. The van der Waals surface area contributed by atoms with Gasteiger partial charge in [-0.3, -0.25) is 4.68 Å². The minimum absolute atomic E-state index is 0.269. The maximum absolute atomic E-state index is 12.2. The molecule has 0 aliphatic heterocycles. The summed E-state index contributed by atoms with van der Waals surface area (Å²) in [6.45, 7) is 2.11. The zero-order valence-electron chi connectivity index (χ0n) is 7.88. The monoisotopic (exact) mass is 235 g/mol. The van der Waals surface area contributed by atoms with Crippen LogP contribution < -0.4 is 0 Å². The highest BCUT2D eigenvalue weighted by Crippen LogP contribution is 2.28. The molecule has 0 aromatic carbocycles. The summed E-state index contributed by atoms with van der Waals surface area (Å²) in [6.07, 6.45) is -4.40. The highest BCUT2D eigenvalue weighted by atomic mass is 32.1. The average Bonchev–Trinajstić information content (AvgIpc) is 2.48. The van der Waals surface area contributed by atoms with Crippen molar-refractivity contribution in [1.82, 2.24) is 9.78 Å². The molecular formula is C8H8F3N3S. The third-order valence-electron chi connectivity index (χ3n) is 1.76. The Balaban J connectivity index is 2.82. The van der Waals surface area contributed by atoms with Crippen molar-refractivity contribution >= 4 is 17.4 Å². The van der Waals surface area contributed by atoms with E-state index < -0.39 is 11.9 Å². The molecule has 0 radical (unpaired) electrons. The van der Waals surface area contributed by atoms with Gasteiger partial charge in [-0.1, -0.05) is 0 Å². The number of aromatic nitrogens is 2. The van der Waals surface area contributed by atoms with E-state index in [2.05, 4.69) is 27.5 Å². The van der Waals surface area contributed by atoms with E-state index in [9.17, 15) is 13.2 Å². The van der Waals surface area contributed by atoms with Gasteiger partial charge in [-0.15, -0.1) is 0 Å². The predicted octanol–water partition coefficient (Wildman–Crippen LogP) is 2.31. The van der Waals surface area contributed by atoms with Gasteiger partial charge < -0.3 is 0 Å². The second-order valence-corrected chi connectivity index (χ2v) is 3.05. The molecule has 0 aliphatic carbocycles. The van der Waals surface area contributed by atoms with Gasteiger partial charge in [-0.2, -0.15) is 18.3 Å². The van der Waals surface area contributed by atoms with Crippen LogP contribution in [0.5, 0.6) is 0 Å². The minimum Gasteiger partial charge on any atom is -0.267 e. The number of hydrogen-bond donors (Lipinski definition) is 0. The summed E-state index contributed by atoms with van der Waals surface area (Å²) in [5.74, 6) is 0. The molecule has 1 rings (SSSR count). The number of hydrogen-bond acceptors (Lipinski definition) is 3. The molecule has 7 heteroatoms. The molecular weight excluding hydrogens is 227 g/mol. The van der Waals surface area contributed by atoms with Crippen molar-refractivity contribution in [3.8, 4) is 0 Å². The van der Waals surface area contributed by atoms with Gasteiger partial charge in [0.15, 0.2) is 5.69 Å². The number of thiocarbonyl (C=S) groups is 1. The SMILES string of the molecule is Cc1cc(C(F)(F)F)nn1CCN=C=S. The molecule has 15 heavy (non-hydrogen) atoms. The molecule has 0 amide bonds. The van der Waals surface area contributed by atoms with Gasteiger partial charge in [-0.25, -0.2) is 4.99 Å². The molecule has 0 saturated carbocycles. The van der Waals surface area contributed by atoms with Crippen LogP contribution in [0, 0.1) is 6.92 Å². The maximum atomic E-state index is 12.2. The number of isothiocyanates is 1. The minimum atomic E-state index is -4.40. The zero-order valence-corrected chi connectivity index (χ0v) is 8.69. The molecule has 82 valence electrons. The van der Waals surface area contributed by atoms with Crippen LogP contribution in [0.15, 0.2) is 11.1 Å². The van der Waals surface area contributed by atoms with E-state index in [-0.39, 0.29) is 13.1 Å². The van der Waals surface area contributed by atoms with Crippen molar-refractivity contribution in [3.05, 3.63) is 17.5 Å². The van der Waals surface area contributed by atoms with Gasteiger partial charge in [0, 0.05) is 5.69 Å². The van der Waals surface area contributed by atoms with Crippen LogP contribution in [0.1, 0.15) is 11.4 Å². The standard InChI is InChI=1S/C8H8F3N3S/c1-6-4-7(8(9,10)11)13-14(6)3-2-12-5-15/h4H,2-3H2,1H3. The highest BCUT2D eigenvalue weighted by Gasteiger charge is 2.34. The first-order valence-electron chi connectivity index (χ1n) is 4.10. The Labute approximate surface area is 89.6 Å².